The fourth-order valence-electron chi connectivity index (χ4n) is 12.4. The molecule has 0 saturated heterocycles. The van der Waals surface area contributed by atoms with Gasteiger partial charge in [-0.25, -0.2) is 9.13 Å². The highest BCUT2D eigenvalue weighted by Crippen LogP contribution is 2.45. The molecule has 0 spiro atoms. The lowest BCUT2D eigenvalue weighted by molar-refractivity contribution is -0.161. The molecular weight excluding hydrogens is 1290 g/mol. The molecule has 0 aliphatic carbocycles. The van der Waals surface area contributed by atoms with Gasteiger partial charge in [0.1, 0.15) is 19.3 Å². The summed E-state index contributed by atoms with van der Waals surface area (Å²) in [6, 6.07) is 0. The van der Waals surface area contributed by atoms with Crippen molar-refractivity contribution < 1.29 is 80.2 Å². The molecule has 0 aromatic heterocycles. The van der Waals surface area contributed by atoms with Gasteiger partial charge in [0.05, 0.1) is 26.4 Å². The van der Waals surface area contributed by atoms with Crippen LogP contribution in [0.2, 0.25) is 0 Å². The minimum Gasteiger partial charge on any atom is -0.462 e. The number of aliphatic hydroxyl groups excluding tert-OH is 1. The van der Waals surface area contributed by atoms with Crippen LogP contribution in [0.5, 0.6) is 0 Å². The Morgan fingerprint density at radius 1 is 0.273 bits per heavy atom. The average Bonchev–Trinajstić information content (AvgIpc) is 1.03. The van der Waals surface area contributed by atoms with E-state index in [4.69, 9.17) is 37.0 Å². The highest BCUT2D eigenvalue weighted by atomic mass is 31.2. The maximum Gasteiger partial charge on any atom is 0.472 e. The molecule has 0 rings (SSSR count). The maximum absolute atomic E-state index is 13.1. The third-order valence-corrected chi connectivity index (χ3v) is 20.7. The Kier molecular flexibility index (Phi) is 71.6. The lowest BCUT2D eigenvalue weighted by atomic mass is 10.0. The van der Waals surface area contributed by atoms with Gasteiger partial charge in [-0.1, -0.05) is 375 Å². The van der Waals surface area contributed by atoms with Gasteiger partial charge in [-0.3, -0.25) is 37.3 Å². The molecule has 0 aliphatic heterocycles. The molecule has 19 heteroatoms. The van der Waals surface area contributed by atoms with E-state index in [1.54, 1.807) is 0 Å². The number of phosphoric ester groups is 2. The van der Waals surface area contributed by atoms with Crippen LogP contribution >= 0.6 is 15.6 Å². The molecular formula is C80H156O17P2. The zero-order valence-corrected chi connectivity index (χ0v) is 66.4. The number of esters is 4. The molecule has 5 atom stereocenters. The van der Waals surface area contributed by atoms with Crippen molar-refractivity contribution in [3.8, 4) is 0 Å². The zero-order valence-electron chi connectivity index (χ0n) is 64.6. The average molecular weight is 1450 g/mol. The van der Waals surface area contributed by atoms with Crippen LogP contribution in [-0.4, -0.2) is 96.7 Å². The summed E-state index contributed by atoms with van der Waals surface area (Å²) in [7, 11) is -9.91. The number of hydrogen-bond donors (Lipinski definition) is 3. The molecule has 17 nitrogen and oxygen atoms in total. The van der Waals surface area contributed by atoms with Crippen LogP contribution in [0.3, 0.4) is 0 Å². The quantitative estimate of drug-likeness (QED) is 0.0222. The van der Waals surface area contributed by atoms with Crippen LogP contribution in [0.4, 0.5) is 0 Å². The van der Waals surface area contributed by atoms with Crippen LogP contribution in [0.15, 0.2) is 0 Å². The number of ether oxygens (including phenoxy) is 4. The summed E-state index contributed by atoms with van der Waals surface area (Å²) in [4.78, 5) is 72.9. The Hall–Kier alpha value is -1.94. The van der Waals surface area contributed by atoms with Crippen molar-refractivity contribution in [2.24, 2.45) is 5.92 Å². The molecule has 588 valence electrons. The highest BCUT2D eigenvalue weighted by Gasteiger charge is 2.30. The van der Waals surface area contributed by atoms with E-state index in [-0.39, 0.29) is 25.7 Å². The number of carbonyl (C=O) groups excluding carboxylic acids is 4. The molecule has 3 N–H and O–H groups in total. The highest BCUT2D eigenvalue weighted by molar-refractivity contribution is 7.47. The van der Waals surface area contributed by atoms with Crippen molar-refractivity contribution in [2.75, 3.05) is 39.6 Å². The van der Waals surface area contributed by atoms with E-state index in [1.807, 2.05) is 0 Å². The number of rotatable bonds is 80. The van der Waals surface area contributed by atoms with Gasteiger partial charge < -0.3 is 33.8 Å². The monoisotopic (exact) mass is 1450 g/mol. The fraction of sp³-hybridized carbons (Fsp3) is 0.950. The predicted molar refractivity (Wildman–Crippen MR) is 405 cm³/mol. The third kappa shape index (κ3) is 74.1. The number of aliphatic hydroxyl groups is 1. The lowest BCUT2D eigenvalue weighted by Crippen LogP contribution is -2.30. The number of unbranched alkanes of at least 4 members (excludes halogenated alkanes) is 52. The topological polar surface area (TPSA) is 237 Å². The maximum atomic E-state index is 13.1. The molecule has 2 unspecified atom stereocenters. The van der Waals surface area contributed by atoms with Crippen molar-refractivity contribution in [3.05, 3.63) is 0 Å². The smallest absolute Gasteiger partial charge is 0.462 e. The fourth-order valence-corrected chi connectivity index (χ4v) is 14.0. The summed E-state index contributed by atoms with van der Waals surface area (Å²) >= 11 is 0. The van der Waals surface area contributed by atoms with Crippen molar-refractivity contribution in [1.82, 2.24) is 0 Å². The van der Waals surface area contributed by atoms with Gasteiger partial charge in [0.25, 0.3) is 0 Å². The SMILES string of the molecule is CCCCCCCCCCCCCCCCCCC(=O)OC[C@H](COP(=O)(O)OC[C@@H](O)COP(=O)(O)OC[C@@H](COC(=O)CCCCCCCCCCC)OC(=O)CCCCCCCCCCCCCCC)OC(=O)CCCCCCCCCCCCCCCCCCCCC(C)C. The predicted octanol–water partition coefficient (Wildman–Crippen LogP) is 24.0. The van der Waals surface area contributed by atoms with Gasteiger partial charge in [0.2, 0.25) is 0 Å². The largest absolute Gasteiger partial charge is 0.472 e. The van der Waals surface area contributed by atoms with E-state index in [0.29, 0.717) is 25.7 Å². The van der Waals surface area contributed by atoms with Gasteiger partial charge in [-0.2, -0.15) is 0 Å². The second kappa shape index (κ2) is 73.0. The second-order valence-corrected chi connectivity index (χ2v) is 32.2. The summed E-state index contributed by atoms with van der Waals surface area (Å²) in [6.07, 6.45) is 63.8. The molecule has 99 heavy (non-hydrogen) atoms. The second-order valence-electron chi connectivity index (χ2n) is 29.3. The molecule has 0 aromatic rings. The first-order valence-corrected chi connectivity index (χ1v) is 44.6. The van der Waals surface area contributed by atoms with Crippen LogP contribution in [-0.2, 0) is 65.4 Å². The van der Waals surface area contributed by atoms with Crippen LogP contribution in [0.1, 0.15) is 426 Å². The van der Waals surface area contributed by atoms with Crippen LogP contribution in [0.25, 0.3) is 0 Å². The van der Waals surface area contributed by atoms with Crippen molar-refractivity contribution >= 4 is 39.5 Å². The lowest BCUT2D eigenvalue weighted by Gasteiger charge is -2.21. The van der Waals surface area contributed by atoms with Crippen molar-refractivity contribution in [3.63, 3.8) is 0 Å². The van der Waals surface area contributed by atoms with Gasteiger partial charge in [0, 0.05) is 25.7 Å². The first-order valence-electron chi connectivity index (χ1n) is 41.6. The molecule has 0 amide bonds. The summed E-state index contributed by atoms with van der Waals surface area (Å²) in [5.74, 6) is -1.29. The Labute approximate surface area is 607 Å². The zero-order chi connectivity index (χ0) is 72.7. The number of phosphoric acid groups is 2. The Morgan fingerprint density at radius 2 is 0.465 bits per heavy atom. The van der Waals surface area contributed by atoms with Gasteiger partial charge in [-0.15, -0.1) is 0 Å². The number of hydrogen-bond acceptors (Lipinski definition) is 15. The van der Waals surface area contributed by atoms with Crippen LogP contribution < -0.4 is 0 Å². The standard InChI is InChI=1S/C80H156O17P2/c1-6-9-12-15-18-21-23-25-26-32-36-39-44-49-54-59-64-78(83)91-70-76(97-80(85)66-61-56-51-46-41-37-33-30-28-27-29-31-35-38-43-47-52-57-62-73(4)5)72-95-99(88,89)93-68-74(81)67-92-98(86,87)94-71-75(69-90-77(82)63-58-53-48-42-20-17-14-11-8-3)96-79(84)65-60-55-50-45-40-34-24-22-19-16-13-10-7-2/h73-76,81H,6-72H2,1-5H3,(H,86,87)(H,88,89)/t74-,75+,76+/m0/s1. The first kappa shape index (κ1) is 97.1. The number of carbonyl (C=O) groups is 4. The third-order valence-electron chi connectivity index (χ3n) is 18.8. The Balaban J connectivity index is 5.20. The van der Waals surface area contributed by atoms with Crippen molar-refractivity contribution in [1.29, 1.82) is 0 Å². The Bertz CT molecular complexity index is 1890. The van der Waals surface area contributed by atoms with Gasteiger partial charge >= 0.3 is 39.5 Å². The minimum absolute atomic E-state index is 0.108. The van der Waals surface area contributed by atoms with E-state index in [9.17, 15) is 43.2 Å². The molecule has 0 bridgehead atoms. The van der Waals surface area contributed by atoms with E-state index in [1.165, 1.54) is 250 Å². The molecule has 0 heterocycles. The summed E-state index contributed by atoms with van der Waals surface area (Å²) in [5, 5.41) is 10.6. The first-order chi connectivity index (χ1) is 48.0. The van der Waals surface area contributed by atoms with E-state index >= 15 is 0 Å². The molecule has 0 saturated carbocycles. The molecule has 0 aliphatic rings. The van der Waals surface area contributed by atoms with Gasteiger partial charge in [0.15, 0.2) is 12.2 Å². The van der Waals surface area contributed by atoms with Crippen LogP contribution in [0, 0.1) is 5.92 Å². The molecule has 0 radical (unpaired) electrons. The Morgan fingerprint density at radius 3 is 0.687 bits per heavy atom. The van der Waals surface area contributed by atoms with E-state index < -0.39 is 97.5 Å². The van der Waals surface area contributed by atoms with Gasteiger partial charge in [-0.05, 0) is 31.6 Å². The van der Waals surface area contributed by atoms with E-state index in [0.717, 1.165) is 95.8 Å². The minimum atomic E-state index is -4.96. The molecule has 0 fully saturated rings. The summed E-state index contributed by atoms with van der Waals surface area (Å²) in [5.41, 5.74) is 0. The van der Waals surface area contributed by atoms with Crippen molar-refractivity contribution in [2.45, 2.75) is 445 Å². The molecule has 0 aromatic carbocycles. The van der Waals surface area contributed by atoms with E-state index in [2.05, 4.69) is 34.6 Å². The summed E-state index contributed by atoms with van der Waals surface area (Å²) < 4.78 is 68.6. The normalized spacial score (nSPS) is 13.9. The summed E-state index contributed by atoms with van der Waals surface area (Å²) in [6.45, 7) is 7.35.